The zero-order chi connectivity index (χ0) is 18.1. The molecule has 0 spiro atoms. The number of likely N-dealkylation sites (N-methyl/N-ethyl adjacent to an activating group) is 1. The van der Waals surface area contributed by atoms with Gasteiger partial charge in [-0.25, -0.2) is 4.98 Å². The summed E-state index contributed by atoms with van der Waals surface area (Å²) in [6, 6.07) is 9.58. The minimum Gasteiger partial charge on any atom is -0.493 e. The van der Waals surface area contributed by atoms with Gasteiger partial charge in [-0.3, -0.25) is 0 Å². The van der Waals surface area contributed by atoms with E-state index in [-0.39, 0.29) is 0 Å². The van der Waals surface area contributed by atoms with Crippen LogP contribution in [0.2, 0.25) is 5.02 Å². The number of hydrogen-bond donors (Lipinski definition) is 1. The van der Waals surface area contributed by atoms with Crippen LogP contribution in [0.1, 0.15) is 19.4 Å². The van der Waals surface area contributed by atoms with Gasteiger partial charge in [0.15, 0.2) is 11.5 Å². The van der Waals surface area contributed by atoms with Crippen LogP contribution in [0.5, 0.6) is 11.5 Å². The van der Waals surface area contributed by atoms with E-state index in [0.717, 1.165) is 31.0 Å². The molecule has 1 aromatic carbocycles. The standard InChI is InChI=1S/C19H26ClN3O2/c1-4-23(5-2)10-11-25-19-16(20)12-15(13-17(19)24-3)14-22-18-8-6-7-9-21-18/h6-9,12-13H,4-5,10-11,14H2,1-3H3,(H,21,22). The van der Waals surface area contributed by atoms with Crippen molar-refractivity contribution in [3.8, 4) is 11.5 Å². The second-order valence-corrected chi connectivity index (χ2v) is 5.96. The molecule has 0 saturated heterocycles. The first-order chi connectivity index (χ1) is 12.2. The third-order valence-electron chi connectivity index (χ3n) is 3.98. The van der Waals surface area contributed by atoms with Crippen molar-refractivity contribution in [3.05, 3.63) is 47.1 Å². The van der Waals surface area contributed by atoms with Crippen LogP contribution in [0.4, 0.5) is 5.82 Å². The number of anilines is 1. The largest absolute Gasteiger partial charge is 0.493 e. The van der Waals surface area contributed by atoms with E-state index in [1.165, 1.54) is 0 Å². The molecular weight excluding hydrogens is 338 g/mol. The smallest absolute Gasteiger partial charge is 0.179 e. The van der Waals surface area contributed by atoms with Crippen molar-refractivity contribution in [3.63, 3.8) is 0 Å². The first kappa shape index (κ1) is 19.3. The Hall–Kier alpha value is -1.98. The highest BCUT2D eigenvalue weighted by Crippen LogP contribution is 2.36. The molecule has 0 aliphatic heterocycles. The highest BCUT2D eigenvalue weighted by atomic mass is 35.5. The molecule has 2 aromatic rings. The van der Waals surface area contributed by atoms with E-state index >= 15 is 0 Å². The number of aromatic nitrogens is 1. The fraction of sp³-hybridized carbons (Fsp3) is 0.421. The van der Waals surface area contributed by atoms with E-state index in [4.69, 9.17) is 21.1 Å². The predicted molar refractivity (Wildman–Crippen MR) is 103 cm³/mol. The van der Waals surface area contributed by atoms with Crippen molar-refractivity contribution in [2.24, 2.45) is 0 Å². The third kappa shape index (κ3) is 5.80. The molecular formula is C19H26ClN3O2. The molecule has 1 N–H and O–H groups in total. The minimum atomic E-state index is 0.553. The van der Waals surface area contributed by atoms with Crippen LogP contribution in [0.3, 0.4) is 0 Å². The van der Waals surface area contributed by atoms with Crippen LogP contribution in [-0.4, -0.2) is 43.2 Å². The number of hydrogen-bond acceptors (Lipinski definition) is 5. The summed E-state index contributed by atoms with van der Waals surface area (Å²) in [5, 5.41) is 3.81. The Balaban J connectivity index is 2.01. The maximum Gasteiger partial charge on any atom is 0.179 e. The average Bonchev–Trinajstić information content (AvgIpc) is 2.65. The fourth-order valence-electron chi connectivity index (χ4n) is 2.49. The number of nitrogens with one attached hydrogen (secondary N) is 1. The summed E-state index contributed by atoms with van der Waals surface area (Å²) in [5.74, 6) is 2.06. The van der Waals surface area contributed by atoms with Gasteiger partial charge < -0.3 is 19.7 Å². The van der Waals surface area contributed by atoms with Gasteiger partial charge in [-0.05, 0) is 42.9 Å². The van der Waals surface area contributed by atoms with Gasteiger partial charge in [0.25, 0.3) is 0 Å². The molecule has 0 atom stereocenters. The van der Waals surface area contributed by atoms with E-state index in [1.807, 2.05) is 30.3 Å². The molecule has 1 heterocycles. The summed E-state index contributed by atoms with van der Waals surface area (Å²) in [6.45, 7) is 8.32. The fourth-order valence-corrected chi connectivity index (χ4v) is 2.78. The Kier molecular flexibility index (Phi) is 7.82. The van der Waals surface area contributed by atoms with Crippen LogP contribution in [0, 0.1) is 0 Å². The Morgan fingerprint density at radius 1 is 1.20 bits per heavy atom. The lowest BCUT2D eigenvalue weighted by Crippen LogP contribution is -2.28. The van der Waals surface area contributed by atoms with Crippen LogP contribution in [0.25, 0.3) is 0 Å². The summed E-state index contributed by atoms with van der Waals surface area (Å²) < 4.78 is 11.3. The lowest BCUT2D eigenvalue weighted by Gasteiger charge is -2.19. The number of methoxy groups -OCH3 is 1. The number of pyridine rings is 1. The number of nitrogens with zero attached hydrogens (tertiary/aromatic N) is 2. The Bertz CT molecular complexity index is 649. The second-order valence-electron chi connectivity index (χ2n) is 5.55. The molecule has 2 rings (SSSR count). The molecule has 136 valence electrons. The molecule has 0 radical (unpaired) electrons. The van der Waals surface area contributed by atoms with Gasteiger partial charge in [-0.15, -0.1) is 0 Å². The molecule has 0 fully saturated rings. The van der Waals surface area contributed by atoms with E-state index in [0.29, 0.717) is 29.7 Å². The minimum absolute atomic E-state index is 0.553. The van der Waals surface area contributed by atoms with Gasteiger partial charge in [-0.1, -0.05) is 31.5 Å². The number of rotatable bonds is 10. The molecule has 5 nitrogen and oxygen atoms in total. The zero-order valence-electron chi connectivity index (χ0n) is 15.1. The second kappa shape index (κ2) is 10.1. The molecule has 0 amide bonds. The topological polar surface area (TPSA) is 46.6 Å². The van der Waals surface area contributed by atoms with Crippen molar-refractivity contribution in [1.29, 1.82) is 0 Å². The van der Waals surface area contributed by atoms with Crippen LogP contribution >= 0.6 is 11.6 Å². The quantitative estimate of drug-likeness (QED) is 0.689. The van der Waals surface area contributed by atoms with E-state index < -0.39 is 0 Å². The summed E-state index contributed by atoms with van der Waals surface area (Å²) in [7, 11) is 1.62. The Morgan fingerprint density at radius 2 is 2.00 bits per heavy atom. The summed E-state index contributed by atoms with van der Waals surface area (Å²) in [6.07, 6.45) is 1.75. The van der Waals surface area contributed by atoms with Crippen molar-refractivity contribution in [2.45, 2.75) is 20.4 Å². The third-order valence-corrected chi connectivity index (χ3v) is 4.26. The molecule has 0 saturated carbocycles. The van der Waals surface area contributed by atoms with E-state index in [9.17, 15) is 0 Å². The molecule has 6 heteroatoms. The normalized spacial score (nSPS) is 10.8. The number of ether oxygens (including phenoxy) is 2. The van der Waals surface area contributed by atoms with Gasteiger partial charge in [0.2, 0.25) is 0 Å². The highest BCUT2D eigenvalue weighted by Gasteiger charge is 2.13. The Labute approximate surface area is 154 Å². The van der Waals surface area contributed by atoms with E-state index in [2.05, 4.69) is 29.0 Å². The molecule has 25 heavy (non-hydrogen) atoms. The van der Waals surface area contributed by atoms with Crippen LogP contribution in [0.15, 0.2) is 36.5 Å². The van der Waals surface area contributed by atoms with Crippen molar-refractivity contribution in [2.75, 3.05) is 38.7 Å². The average molecular weight is 364 g/mol. The van der Waals surface area contributed by atoms with Gasteiger partial charge in [0.1, 0.15) is 12.4 Å². The van der Waals surface area contributed by atoms with Crippen molar-refractivity contribution in [1.82, 2.24) is 9.88 Å². The zero-order valence-corrected chi connectivity index (χ0v) is 15.8. The maximum atomic E-state index is 6.42. The highest BCUT2D eigenvalue weighted by molar-refractivity contribution is 6.32. The molecule has 0 aliphatic carbocycles. The molecule has 0 bridgehead atoms. The summed E-state index contributed by atoms with van der Waals surface area (Å²) >= 11 is 6.42. The Morgan fingerprint density at radius 3 is 2.64 bits per heavy atom. The van der Waals surface area contributed by atoms with Gasteiger partial charge >= 0.3 is 0 Å². The van der Waals surface area contributed by atoms with Gasteiger partial charge in [0.05, 0.1) is 12.1 Å². The predicted octanol–water partition coefficient (Wildman–Crippen LogP) is 4.08. The first-order valence-corrected chi connectivity index (χ1v) is 8.92. The van der Waals surface area contributed by atoms with Crippen molar-refractivity contribution < 1.29 is 9.47 Å². The monoisotopic (exact) mass is 363 g/mol. The van der Waals surface area contributed by atoms with Crippen LogP contribution < -0.4 is 14.8 Å². The molecule has 1 aromatic heterocycles. The molecule has 0 aliphatic rings. The number of benzene rings is 1. The van der Waals surface area contributed by atoms with Gasteiger partial charge in [0, 0.05) is 19.3 Å². The van der Waals surface area contributed by atoms with Crippen LogP contribution in [-0.2, 0) is 6.54 Å². The summed E-state index contributed by atoms with van der Waals surface area (Å²) in [5.41, 5.74) is 1.00. The first-order valence-electron chi connectivity index (χ1n) is 8.54. The summed E-state index contributed by atoms with van der Waals surface area (Å²) in [4.78, 5) is 6.54. The number of halogens is 1. The lowest BCUT2D eigenvalue weighted by molar-refractivity contribution is 0.217. The lowest BCUT2D eigenvalue weighted by atomic mass is 10.2. The SMILES string of the molecule is CCN(CC)CCOc1c(Cl)cc(CNc2ccccn2)cc1OC. The van der Waals surface area contributed by atoms with Crippen molar-refractivity contribution >= 4 is 17.4 Å². The van der Waals surface area contributed by atoms with E-state index in [1.54, 1.807) is 13.3 Å². The molecule has 0 unspecified atom stereocenters. The maximum absolute atomic E-state index is 6.42. The van der Waals surface area contributed by atoms with Gasteiger partial charge in [-0.2, -0.15) is 0 Å².